The van der Waals surface area contributed by atoms with E-state index in [0.717, 1.165) is 18.2 Å². The van der Waals surface area contributed by atoms with Crippen LogP contribution in [0.1, 0.15) is 30.6 Å². The van der Waals surface area contributed by atoms with Crippen molar-refractivity contribution in [2.45, 2.75) is 30.3 Å². The van der Waals surface area contributed by atoms with Gasteiger partial charge in [0.25, 0.3) is 11.6 Å². The number of rotatable bonds is 7. The van der Waals surface area contributed by atoms with Crippen molar-refractivity contribution in [3.05, 3.63) is 40.2 Å². The van der Waals surface area contributed by atoms with Crippen molar-refractivity contribution >= 4 is 23.4 Å². The summed E-state index contributed by atoms with van der Waals surface area (Å²) in [6.07, 6.45) is 2.37. The molecule has 0 spiro atoms. The predicted molar refractivity (Wildman–Crippen MR) is 90.0 cm³/mol. The SMILES string of the molecule is CC(C)CCNC(=O)c1ccc(Sc2nncn2C)c([N+](=O)[O-])c1. The molecule has 0 aliphatic heterocycles. The Morgan fingerprint density at radius 3 is 2.79 bits per heavy atom. The molecule has 0 bridgehead atoms. The second-order valence-electron chi connectivity index (χ2n) is 5.70. The van der Waals surface area contributed by atoms with Crippen LogP contribution in [0, 0.1) is 16.0 Å². The summed E-state index contributed by atoms with van der Waals surface area (Å²) >= 11 is 1.13. The fraction of sp³-hybridized carbons (Fsp3) is 0.400. The van der Waals surface area contributed by atoms with Gasteiger partial charge in [0.05, 0.1) is 9.82 Å². The van der Waals surface area contributed by atoms with E-state index in [1.54, 1.807) is 23.7 Å². The Labute approximate surface area is 143 Å². The largest absolute Gasteiger partial charge is 0.352 e. The highest BCUT2D eigenvalue weighted by molar-refractivity contribution is 7.99. The summed E-state index contributed by atoms with van der Waals surface area (Å²) in [5, 5.41) is 22.3. The van der Waals surface area contributed by atoms with Crippen LogP contribution in [0.15, 0.2) is 34.6 Å². The highest BCUT2D eigenvalue weighted by atomic mass is 32.2. The van der Waals surface area contributed by atoms with Gasteiger partial charge in [-0.1, -0.05) is 13.8 Å². The number of aryl methyl sites for hydroxylation is 1. The zero-order valence-electron chi connectivity index (χ0n) is 13.7. The molecule has 2 rings (SSSR count). The van der Waals surface area contributed by atoms with E-state index in [1.807, 2.05) is 0 Å². The van der Waals surface area contributed by atoms with Crippen LogP contribution in [0.4, 0.5) is 5.69 Å². The third kappa shape index (κ3) is 4.54. The van der Waals surface area contributed by atoms with E-state index >= 15 is 0 Å². The van der Waals surface area contributed by atoms with E-state index < -0.39 is 4.92 Å². The van der Waals surface area contributed by atoms with Crippen LogP contribution in [0.2, 0.25) is 0 Å². The summed E-state index contributed by atoms with van der Waals surface area (Å²) in [4.78, 5) is 23.4. The number of nitrogens with one attached hydrogen (secondary N) is 1. The van der Waals surface area contributed by atoms with E-state index in [4.69, 9.17) is 0 Å². The number of hydrogen-bond donors (Lipinski definition) is 1. The van der Waals surface area contributed by atoms with Gasteiger partial charge in [-0.25, -0.2) is 0 Å². The Bertz CT molecular complexity index is 744. The van der Waals surface area contributed by atoms with E-state index in [0.29, 0.717) is 22.5 Å². The van der Waals surface area contributed by atoms with Crippen LogP contribution in [-0.4, -0.2) is 32.1 Å². The van der Waals surface area contributed by atoms with Crippen LogP contribution < -0.4 is 5.32 Å². The molecule has 0 aliphatic carbocycles. The van der Waals surface area contributed by atoms with Crippen LogP contribution in [-0.2, 0) is 7.05 Å². The van der Waals surface area contributed by atoms with Gasteiger partial charge in [0.1, 0.15) is 6.33 Å². The Balaban J connectivity index is 2.18. The van der Waals surface area contributed by atoms with Gasteiger partial charge in [-0.3, -0.25) is 14.9 Å². The number of nitrogens with zero attached hydrogens (tertiary/aromatic N) is 4. The van der Waals surface area contributed by atoms with Gasteiger partial charge in [0.15, 0.2) is 5.16 Å². The van der Waals surface area contributed by atoms with E-state index in [-0.39, 0.29) is 17.2 Å². The van der Waals surface area contributed by atoms with Crippen molar-refractivity contribution in [1.82, 2.24) is 20.1 Å². The topological polar surface area (TPSA) is 103 Å². The van der Waals surface area contributed by atoms with Crippen molar-refractivity contribution in [2.24, 2.45) is 13.0 Å². The smallest absolute Gasteiger partial charge is 0.284 e. The lowest BCUT2D eigenvalue weighted by molar-refractivity contribution is -0.387. The van der Waals surface area contributed by atoms with Crippen LogP contribution in [0.25, 0.3) is 0 Å². The molecule has 0 radical (unpaired) electrons. The number of nitro groups is 1. The zero-order chi connectivity index (χ0) is 17.7. The molecule has 9 heteroatoms. The summed E-state index contributed by atoms with van der Waals surface area (Å²) in [6.45, 7) is 4.67. The highest BCUT2D eigenvalue weighted by Crippen LogP contribution is 2.34. The molecule has 8 nitrogen and oxygen atoms in total. The van der Waals surface area contributed by atoms with E-state index in [1.165, 1.54) is 12.4 Å². The quantitative estimate of drug-likeness (QED) is 0.609. The third-order valence-electron chi connectivity index (χ3n) is 3.30. The second-order valence-corrected chi connectivity index (χ2v) is 6.71. The molecule has 128 valence electrons. The fourth-order valence-electron chi connectivity index (χ4n) is 1.93. The molecule has 24 heavy (non-hydrogen) atoms. The second kappa shape index (κ2) is 7.91. The zero-order valence-corrected chi connectivity index (χ0v) is 14.5. The fourth-order valence-corrected chi connectivity index (χ4v) is 2.78. The van der Waals surface area contributed by atoms with Gasteiger partial charge in [0, 0.05) is 25.2 Å². The summed E-state index contributed by atoms with van der Waals surface area (Å²) in [6, 6.07) is 4.44. The minimum atomic E-state index is -0.496. The Kier molecular flexibility index (Phi) is 5.91. The van der Waals surface area contributed by atoms with Gasteiger partial charge in [-0.15, -0.1) is 10.2 Å². The van der Waals surface area contributed by atoms with Crippen molar-refractivity contribution in [1.29, 1.82) is 0 Å². The monoisotopic (exact) mass is 349 g/mol. The molecule has 0 atom stereocenters. The highest BCUT2D eigenvalue weighted by Gasteiger charge is 2.20. The summed E-state index contributed by atoms with van der Waals surface area (Å²) in [5.74, 6) is 0.166. The third-order valence-corrected chi connectivity index (χ3v) is 4.41. The first-order chi connectivity index (χ1) is 11.4. The number of benzene rings is 1. The Hall–Kier alpha value is -2.42. The normalized spacial score (nSPS) is 10.8. The molecular weight excluding hydrogens is 330 g/mol. The molecular formula is C15H19N5O3S. The lowest BCUT2D eigenvalue weighted by atomic mass is 10.1. The number of hydrogen-bond acceptors (Lipinski definition) is 6. The number of amides is 1. The number of aromatic nitrogens is 3. The Morgan fingerprint density at radius 2 is 2.21 bits per heavy atom. The van der Waals surface area contributed by atoms with Crippen molar-refractivity contribution in [3.8, 4) is 0 Å². The maximum atomic E-state index is 12.1. The minimum absolute atomic E-state index is 0.125. The predicted octanol–water partition coefficient (Wildman–Crippen LogP) is 2.65. The lowest BCUT2D eigenvalue weighted by Crippen LogP contribution is -2.25. The molecule has 0 aliphatic rings. The first-order valence-corrected chi connectivity index (χ1v) is 8.28. The minimum Gasteiger partial charge on any atom is -0.352 e. The standard InChI is InChI=1S/C15H19N5O3S/c1-10(2)6-7-16-14(21)11-4-5-13(12(8-11)20(22)23)24-15-18-17-9-19(15)3/h4-5,8-10H,6-7H2,1-3H3,(H,16,21). The van der Waals surface area contributed by atoms with Crippen molar-refractivity contribution in [3.63, 3.8) is 0 Å². The van der Waals surface area contributed by atoms with Gasteiger partial charge < -0.3 is 9.88 Å². The average molecular weight is 349 g/mol. The summed E-state index contributed by atoms with van der Waals surface area (Å²) in [7, 11) is 1.75. The molecule has 1 aromatic carbocycles. The molecule has 1 N–H and O–H groups in total. The number of nitro benzene ring substituents is 1. The van der Waals surface area contributed by atoms with Gasteiger partial charge >= 0.3 is 0 Å². The first kappa shape index (κ1) is 17.9. The van der Waals surface area contributed by atoms with Crippen LogP contribution in [0.5, 0.6) is 0 Å². The van der Waals surface area contributed by atoms with Crippen LogP contribution >= 0.6 is 11.8 Å². The number of carbonyl (C=O) groups is 1. The summed E-state index contributed by atoms with van der Waals surface area (Å²) < 4.78 is 1.67. The molecule has 0 saturated carbocycles. The van der Waals surface area contributed by atoms with Crippen molar-refractivity contribution in [2.75, 3.05) is 6.54 Å². The average Bonchev–Trinajstić information content (AvgIpc) is 2.92. The Morgan fingerprint density at radius 1 is 1.46 bits per heavy atom. The summed E-state index contributed by atoms with van der Waals surface area (Å²) in [5.41, 5.74) is 0.146. The van der Waals surface area contributed by atoms with E-state index in [2.05, 4.69) is 29.4 Å². The molecule has 0 fully saturated rings. The molecule has 0 saturated heterocycles. The molecule has 1 aromatic heterocycles. The lowest BCUT2D eigenvalue weighted by Gasteiger charge is -2.08. The molecule has 1 heterocycles. The van der Waals surface area contributed by atoms with Crippen LogP contribution in [0.3, 0.4) is 0 Å². The van der Waals surface area contributed by atoms with Gasteiger partial charge in [-0.2, -0.15) is 0 Å². The maximum absolute atomic E-state index is 12.1. The van der Waals surface area contributed by atoms with Gasteiger partial charge in [0.2, 0.25) is 0 Å². The molecule has 0 unspecified atom stereocenters. The molecule has 1 amide bonds. The molecule has 2 aromatic rings. The van der Waals surface area contributed by atoms with Crippen molar-refractivity contribution < 1.29 is 9.72 Å². The van der Waals surface area contributed by atoms with E-state index in [9.17, 15) is 14.9 Å². The maximum Gasteiger partial charge on any atom is 0.284 e. The first-order valence-electron chi connectivity index (χ1n) is 7.47. The number of carbonyl (C=O) groups excluding carboxylic acids is 1. The van der Waals surface area contributed by atoms with Gasteiger partial charge in [-0.05, 0) is 36.2 Å².